The fourth-order valence-corrected chi connectivity index (χ4v) is 4.55. The molecule has 1 aromatic heterocycles. The van der Waals surface area contributed by atoms with E-state index in [2.05, 4.69) is 16.4 Å². The number of amides is 3. The van der Waals surface area contributed by atoms with Gasteiger partial charge in [-0.05, 0) is 50.3 Å². The first-order chi connectivity index (χ1) is 13.1. The van der Waals surface area contributed by atoms with E-state index in [-0.39, 0.29) is 30.6 Å². The molecule has 1 fully saturated rings. The minimum Gasteiger partial charge on any atom is -0.352 e. The highest BCUT2D eigenvalue weighted by molar-refractivity contribution is 7.22. The van der Waals surface area contributed by atoms with Gasteiger partial charge >= 0.3 is 0 Å². The molecule has 0 atom stereocenters. The molecule has 1 aliphatic carbocycles. The summed E-state index contributed by atoms with van der Waals surface area (Å²) in [6.07, 6.45) is 8.46. The highest BCUT2D eigenvalue weighted by Crippen LogP contribution is 2.32. The number of nitrogens with one attached hydrogen (secondary N) is 1. The first-order valence-corrected chi connectivity index (χ1v) is 10.2. The van der Waals surface area contributed by atoms with E-state index >= 15 is 0 Å². The summed E-state index contributed by atoms with van der Waals surface area (Å²) in [4.78, 5) is 41.7. The van der Waals surface area contributed by atoms with E-state index in [9.17, 15) is 14.4 Å². The van der Waals surface area contributed by atoms with E-state index in [4.69, 9.17) is 0 Å². The summed E-state index contributed by atoms with van der Waals surface area (Å²) >= 11 is 1.26. The van der Waals surface area contributed by atoms with E-state index in [1.165, 1.54) is 29.8 Å². The number of hydrogen-bond acceptors (Lipinski definition) is 5. The van der Waals surface area contributed by atoms with E-state index in [1.54, 1.807) is 18.2 Å². The summed E-state index contributed by atoms with van der Waals surface area (Å²) < 4.78 is 0.792. The lowest BCUT2D eigenvalue weighted by atomic mass is 9.97. The number of rotatable bonds is 5. The number of anilines is 1. The first-order valence-electron chi connectivity index (χ1n) is 9.34. The van der Waals surface area contributed by atoms with Crippen LogP contribution in [0.5, 0.6) is 0 Å². The smallest absolute Gasteiger partial charge is 0.251 e. The summed E-state index contributed by atoms with van der Waals surface area (Å²) in [6, 6.07) is 5.27. The number of carbonyl (C=O) groups is 3. The van der Waals surface area contributed by atoms with Gasteiger partial charge in [-0.2, -0.15) is 0 Å². The summed E-state index contributed by atoms with van der Waals surface area (Å²) in [6.45, 7) is 0.632. The quantitative estimate of drug-likeness (QED) is 0.632. The minimum absolute atomic E-state index is 0.114. The molecule has 0 spiro atoms. The second-order valence-electron chi connectivity index (χ2n) is 6.92. The van der Waals surface area contributed by atoms with Crippen molar-refractivity contribution in [1.29, 1.82) is 0 Å². The van der Waals surface area contributed by atoms with Crippen molar-refractivity contribution in [2.45, 2.75) is 44.9 Å². The molecule has 1 aliphatic heterocycles. The number of nitrogens with zero attached hydrogens (tertiary/aromatic N) is 2. The Bertz CT molecular complexity index is 931. The largest absolute Gasteiger partial charge is 0.352 e. The van der Waals surface area contributed by atoms with Crippen LogP contribution >= 0.6 is 11.3 Å². The van der Waals surface area contributed by atoms with Gasteiger partial charge in [0.2, 0.25) is 11.8 Å². The van der Waals surface area contributed by atoms with Crippen molar-refractivity contribution in [3.05, 3.63) is 35.4 Å². The van der Waals surface area contributed by atoms with Gasteiger partial charge < -0.3 is 5.32 Å². The van der Waals surface area contributed by atoms with Gasteiger partial charge in [-0.25, -0.2) is 9.88 Å². The molecule has 7 heteroatoms. The van der Waals surface area contributed by atoms with Gasteiger partial charge in [0.1, 0.15) is 0 Å². The third kappa shape index (κ3) is 3.78. The van der Waals surface area contributed by atoms with Crippen LogP contribution in [0.3, 0.4) is 0 Å². The molecule has 27 heavy (non-hydrogen) atoms. The second kappa shape index (κ2) is 7.60. The fourth-order valence-electron chi connectivity index (χ4n) is 3.51. The Morgan fingerprint density at radius 3 is 2.70 bits per heavy atom. The van der Waals surface area contributed by atoms with Crippen molar-refractivity contribution in [2.75, 3.05) is 11.4 Å². The van der Waals surface area contributed by atoms with Gasteiger partial charge in [0, 0.05) is 24.9 Å². The second-order valence-corrected chi connectivity index (χ2v) is 7.92. The van der Waals surface area contributed by atoms with Crippen molar-refractivity contribution in [3.8, 4) is 0 Å². The number of thiazole rings is 1. The Balaban J connectivity index is 1.44. The Kier molecular flexibility index (Phi) is 5.03. The zero-order valence-corrected chi connectivity index (χ0v) is 15.8. The van der Waals surface area contributed by atoms with Gasteiger partial charge in [-0.1, -0.05) is 23.0 Å². The minimum atomic E-state index is -0.214. The van der Waals surface area contributed by atoms with Crippen LogP contribution in [0.15, 0.2) is 29.8 Å². The van der Waals surface area contributed by atoms with E-state index in [0.29, 0.717) is 22.8 Å². The van der Waals surface area contributed by atoms with Crippen molar-refractivity contribution < 1.29 is 14.4 Å². The molecule has 6 nitrogen and oxygen atoms in total. The van der Waals surface area contributed by atoms with E-state index in [0.717, 1.165) is 28.9 Å². The maximum atomic E-state index is 12.4. The van der Waals surface area contributed by atoms with Crippen LogP contribution < -0.4 is 10.2 Å². The highest BCUT2D eigenvalue weighted by Gasteiger charge is 2.32. The Hall–Kier alpha value is -2.54. The third-order valence-electron chi connectivity index (χ3n) is 5.00. The number of aromatic nitrogens is 1. The van der Waals surface area contributed by atoms with Gasteiger partial charge in [-0.3, -0.25) is 14.4 Å². The highest BCUT2D eigenvalue weighted by atomic mass is 32.1. The van der Waals surface area contributed by atoms with Crippen molar-refractivity contribution in [1.82, 2.24) is 10.3 Å². The lowest BCUT2D eigenvalue weighted by Gasteiger charge is -2.12. The summed E-state index contributed by atoms with van der Waals surface area (Å²) in [5, 5.41) is 3.36. The molecular formula is C20H21N3O3S. The molecule has 0 unspecified atom stereocenters. The normalized spacial score (nSPS) is 17.5. The van der Waals surface area contributed by atoms with Crippen LogP contribution in [0.4, 0.5) is 5.13 Å². The van der Waals surface area contributed by atoms with E-state index in [1.807, 2.05) is 0 Å². The van der Waals surface area contributed by atoms with Crippen molar-refractivity contribution in [2.24, 2.45) is 0 Å². The van der Waals surface area contributed by atoms with Crippen LogP contribution in [0, 0.1) is 0 Å². The van der Waals surface area contributed by atoms with Crippen molar-refractivity contribution >= 4 is 44.4 Å². The Morgan fingerprint density at radius 2 is 1.96 bits per heavy atom. The lowest BCUT2D eigenvalue weighted by molar-refractivity contribution is -0.121. The first kappa shape index (κ1) is 17.9. The summed E-state index contributed by atoms with van der Waals surface area (Å²) in [7, 11) is 0. The van der Waals surface area contributed by atoms with Crippen molar-refractivity contribution in [3.63, 3.8) is 0 Å². The average Bonchev–Trinajstić information content (AvgIpc) is 3.24. The predicted octanol–water partition coefficient (Wildman–Crippen LogP) is 3.57. The van der Waals surface area contributed by atoms with Crippen LogP contribution in [0.25, 0.3) is 10.2 Å². The predicted molar refractivity (Wildman–Crippen MR) is 105 cm³/mol. The number of fused-ring (bicyclic) bond motifs is 1. The molecule has 1 saturated heterocycles. The molecule has 0 radical (unpaired) electrons. The molecule has 4 rings (SSSR count). The van der Waals surface area contributed by atoms with Gasteiger partial charge in [0.05, 0.1) is 10.2 Å². The molecule has 1 N–H and O–H groups in total. The third-order valence-corrected chi connectivity index (χ3v) is 6.00. The number of benzene rings is 1. The van der Waals surface area contributed by atoms with Crippen LogP contribution in [0.1, 0.15) is 55.3 Å². The maximum absolute atomic E-state index is 12.4. The molecule has 3 amide bonds. The topological polar surface area (TPSA) is 79.4 Å². The Labute approximate surface area is 161 Å². The van der Waals surface area contributed by atoms with Crippen LogP contribution in [-0.2, 0) is 9.59 Å². The molecule has 2 aliphatic rings. The SMILES string of the molecule is O=C(NCCC1=CCCCC1)c1ccc2nc(N3C(=O)CCC3=O)sc2c1. The number of carbonyl (C=O) groups excluding carboxylic acids is 3. The molecule has 1 aromatic carbocycles. The Morgan fingerprint density at radius 1 is 1.15 bits per heavy atom. The molecule has 2 heterocycles. The number of hydrogen-bond donors (Lipinski definition) is 1. The fraction of sp³-hybridized carbons (Fsp3) is 0.400. The number of imide groups is 1. The standard InChI is InChI=1S/C20H21N3O3S/c24-17-8-9-18(25)23(17)20-22-15-7-6-14(12-16(15)27-20)19(26)21-11-10-13-4-2-1-3-5-13/h4,6-7,12H,1-3,5,8-11H2,(H,21,26). The molecule has 140 valence electrons. The molecular weight excluding hydrogens is 362 g/mol. The average molecular weight is 383 g/mol. The zero-order chi connectivity index (χ0) is 18.8. The summed E-state index contributed by atoms with van der Waals surface area (Å²) in [5.74, 6) is -0.542. The molecule has 0 bridgehead atoms. The van der Waals surface area contributed by atoms with E-state index < -0.39 is 0 Å². The summed E-state index contributed by atoms with van der Waals surface area (Å²) in [5.41, 5.74) is 2.69. The molecule has 0 saturated carbocycles. The van der Waals surface area contributed by atoms with Gasteiger partial charge in [-0.15, -0.1) is 0 Å². The van der Waals surface area contributed by atoms with Crippen LogP contribution in [0.2, 0.25) is 0 Å². The zero-order valence-electron chi connectivity index (χ0n) is 15.0. The van der Waals surface area contributed by atoms with Gasteiger partial charge in [0.15, 0.2) is 5.13 Å². The van der Waals surface area contributed by atoms with Crippen LogP contribution in [-0.4, -0.2) is 29.3 Å². The molecule has 2 aromatic rings. The maximum Gasteiger partial charge on any atom is 0.251 e. The monoisotopic (exact) mass is 383 g/mol. The lowest BCUT2D eigenvalue weighted by Crippen LogP contribution is -2.28. The van der Waals surface area contributed by atoms with Gasteiger partial charge in [0.25, 0.3) is 5.91 Å². The number of allylic oxidation sites excluding steroid dienone is 1.